The smallest absolute Gasteiger partial charge is 0.0693 e. The van der Waals surface area contributed by atoms with Gasteiger partial charge in [0.1, 0.15) is 0 Å². The van der Waals surface area contributed by atoms with Crippen LogP contribution in [0.25, 0.3) is 0 Å². The lowest BCUT2D eigenvalue weighted by Gasteiger charge is -2.34. The molecule has 3 nitrogen and oxygen atoms in total. The Morgan fingerprint density at radius 2 is 1.94 bits per heavy atom. The summed E-state index contributed by atoms with van der Waals surface area (Å²) in [5.74, 6) is 0. The van der Waals surface area contributed by atoms with E-state index in [9.17, 15) is 0 Å². The van der Waals surface area contributed by atoms with Crippen molar-refractivity contribution in [2.45, 2.75) is 58.2 Å². The minimum absolute atomic E-state index is 0.300. The van der Waals surface area contributed by atoms with Crippen LogP contribution in [0.5, 0.6) is 0 Å². The Labute approximate surface area is 101 Å². The highest BCUT2D eigenvalue weighted by Gasteiger charge is 2.21. The first kappa shape index (κ1) is 13.9. The zero-order valence-corrected chi connectivity index (χ0v) is 11.3. The number of nitrogens with one attached hydrogen (secondary N) is 1. The molecule has 2 unspecified atom stereocenters. The fraction of sp³-hybridized carbons (Fsp3) is 1.00. The Hall–Kier alpha value is -0.120. The van der Waals surface area contributed by atoms with Crippen LogP contribution in [0.15, 0.2) is 0 Å². The Bertz CT molecular complexity index is 179. The third-order valence-electron chi connectivity index (χ3n) is 3.70. The predicted molar refractivity (Wildman–Crippen MR) is 68.8 cm³/mol. The van der Waals surface area contributed by atoms with Gasteiger partial charge in [-0.1, -0.05) is 6.92 Å². The van der Waals surface area contributed by atoms with E-state index in [-0.39, 0.29) is 0 Å². The van der Waals surface area contributed by atoms with Crippen molar-refractivity contribution in [1.82, 2.24) is 10.2 Å². The van der Waals surface area contributed by atoms with Gasteiger partial charge in [-0.25, -0.2) is 0 Å². The van der Waals surface area contributed by atoms with Gasteiger partial charge in [-0.05, 0) is 52.7 Å². The van der Waals surface area contributed by atoms with E-state index in [0.29, 0.717) is 18.2 Å². The number of rotatable bonds is 6. The maximum atomic E-state index is 5.34. The summed E-state index contributed by atoms with van der Waals surface area (Å²) >= 11 is 0. The van der Waals surface area contributed by atoms with Crippen molar-refractivity contribution in [1.29, 1.82) is 0 Å². The monoisotopic (exact) mass is 228 g/mol. The molecule has 16 heavy (non-hydrogen) atoms. The van der Waals surface area contributed by atoms with E-state index in [2.05, 4.69) is 31.0 Å². The lowest BCUT2D eigenvalue weighted by molar-refractivity contribution is 0.0782. The maximum Gasteiger partial charge on any atom is 0.0693 e. The molecule has 1 N–H and O–H groups in total. The molecule has 1 aliphatic heterocycles. The van der Waals surface area contributed by atoms with Gasteiger partial charge in [0.15, 0.2) is 0 Å². The third-order valence-corrected chi connectivity index (χ3v) is 3.70. The third kappa shape index (κ3) is 4.40. The molecule has 0 aromatic rings. The van der Waals surface area contributed by atoms with Crippen LogP contribution in [0.1, 0.15) is 40.0 Å². The summed E-state index contributed by atoms with van der Waals surface area (Å²) in [4.78, 5) is 2.57. The van der Waals surface area contributed by atoms with Gasteiger partial charge < -0.3 is 15.0 Å². The normalized spacial score (nSPS) is 23.2. The molecule has 1 saturated heterocycles. The van der Waals surface area contributed by atoms with Gasteiger partial charge in [-0.15, -0.1) is 0 Å². The molecule has 1 fully saturated rings. The molecule has 0 aromatic carbocycles. The Morgan fingerprint density at radius 3 is 2.44 bits per heavy atom. The highest BCUT2D eigenvalue weighted by Crippen LogP contribution is 2.12. The number of methoxy groups -OCH3 is 1. The van der Waals surface area contributed by atoms with Crippen LogP contribution in [-0.4, -0.2) is 49.8 Å². The van der Waals surface area contributed by atoms with Crippen LogP contribution in [-0.2, 0) is 4.74 Å². The molecule has 3 heteroatoms. The highest BCUT2D eigenvalue weighted by molar-refractivity contribution is 4.81. The molecule has 0 spiro atoms. The fourth-order valence-electron chi connectivity index (χ4n) is 2.35. The van der Waals surface area contributed by atoms with E-state index >= 15 is 0 Å². The first-order valence-electron chi connectivity index (χ1n) is 6.68. The molecule has 0 amide bonds. The average molecular weight is 228 g/mol. The molecule has 0 saturated carbocycles. The van der Waals surface area contributed by atoms with Crippen molar-refractivity contribution < 1.29 is 4.74 Å². The molecular weight excluding hydrogens is 200 g/mol. The molecule has 0 aliphatic carbocycles. The molecule has 1 heterocycles. The van der Waals surface area contributed by atoms with E-state index < -0.39 is 0 Å². The van der Waals surface area contributed by atoms with Crippen LogP contribution in [0.3, 0.4) is 0 Å². The Kier molecular flexibility index (Phi) is 6.32. The van der Waals surface area contributed by atoms with Crippen LogP contribution >= 0.6 is 0 Å². The minimum atomic E-state index is 0.300. The number of hydrogen-bond acceptors (Lipinski definition) is 3. The molecule has 96 valence electrons. The van der Waals surface area contributed by atoms with Gasteiger partial charge in [0.05, 0.1) is 6.10 Å². The Balaban J connectivity index is 2.21. The number of hydrogen-bond donors (Lipinski definition) is 1. The summed E-state index contributed by atoms with van der Waals surface area (Å²) in [7, 11) is 1.78. The van der Waals surface area contributed by atoms with Crippen molar-refractivity contribution in [3.05, 3.63) is 0 Å². The van der Waals surface area contributed by atoms with Gasteiger partial charge >= 0.3 is 0 Å². The van der Waals surface area contributed by atoms with Crippen molar-refractivity contribution in [2.24, 2.45) is 0 Å². The SMILES string of the molecule is CCCN1CCC(NC(C)C(C)OC)CC1. The van der Waals surface area contributed by atoms with Crippen molar-refractivity contribution in [3.8, 4) is 0 Å². The minimum Gasteiger partial charge on any atom is -0.380 e. The summed E-state index contributed by atoms with van der Waals surface area (Å²) in [6.07, 6.45) is 4.13. The maximum absolute atomic E-state index is 5.34. The van der Waals surface area contributed by atoms with Gasteiger partial charge in [-0.2, -0.15) is 0 Å². The van der Waals surface area contributed by atoms with Gasteiger partial charge in [-0.3, -0.25) is 0 Å². The molecule has 0 bridgehead atoms. The highest BCUT2D eigenvalue weighted by atomic mass is 16.5. The van der Waals surface area contributed by atoms with E-state index in [1.165, 1.54) is 38.9 Å². The van der Waals surface area contributed by atoms with Crippen molar-refractivity contribution >= 4 is 0 Å². The first-order valence-corrected chi connectivity index (χ1v) is 6.68. The summed E-state index contributed by atoms with van der Waals surface area (Å²) < 4.78 is 5.34. The van der Waals surface area contributed by atoms with Crippen molar-refractivity contribution in [2.75, 3.05) is 26.7 Å². The largest absolute Gasteiger partial charge is 0.380 e. The van der Waals surface area contributed by atoms with Crippen LogP contribution in [0, 0.1) is 0 Å². The summed E-state index contributed by atoms with van der Waals surface area (Å²) in [5, 5.41) is 3.68. The van der Waals surface area contributed by atoms with Gasteiger partial charge in [0.25, 0.3) is 0 Å². The molecule has 2 atom stereocenters. The van der Waals surface area contributed by atoms with Crippen LogP contribution < -0.4 is 5.32 Å². The lowest BCUT2D eigenvalue weighted by atomic mass is 10.0. The number of likely N-dealkylation sites (tertiary alicyclic amines) is 1. The van der Waals surface area contributed by atoms with E-state index in [0.717, 1.165) is 0 Å². The van der Waals surface area contributed by atoms with E-state index in [4.69, 9.17) is 4.74 Å². The zero-order chi connectivity index (χ0) is 12.0. The van der Waals surface area contributed by atoms with E-state index in [1.807, 2.05) is 0 Å². The average Bonchev–Trinajstić information content (AvgIpc) is 2.31. The molecule has 1 aliphatic rings. The summed E-state index contributed by atoms with van der Waals surface area (Å²) in [6, 6.07) is 1.13. The number of piperidine rings is 1. The van der Waals surface area contributed by atoms with E-state index in [1.54, 1.807) is 7.11 Å². The molecule has 1 rings (SSSR count). The molecular formula is C13H28N2O. The summed E-state index contributed by atoms with van der Waals surface area (Å²) in [6.45, 7) is 10.4. The lowest BCUT2D eigenvalue weighted by Crippen LogP contribution is -2.48. The second-order valence-corrected chi connectivity index (χ2v) is 5.01. The summed E-state index contributed by atoms with van der Waals surface area (Å²) in [5.41, 5.74) is 0. The zero-order valence-electron chi connectivity index (χ0n) is 11.3. The number of nitrogens with zero attached hydrogens (tertiary/aromatic N) is 1. The second-order valence-electron chi connectivity index (χ2n) is 5.01. The first-order chi connectivity index (χ1) is 7.67. The van der Waals surface area contributed by atoms with Crippen LogP contribution in [0.2, 0.25) is 0 Å². The predicted octanol–water partition coefficient (Wildman–Crippen LogP) is 1.87. The standard InChI is InChI=1S/C13H28N2O/c1-5-8-15-9-6-13(7-10-15)14-11(2)12(3)16-4/h11-14H,5-10H2,1-4H3. The second kappa shape index (κ2) is 7.25. The topological polar surface area (TPSA) is 24.5 Å². The van der Waals surface area contributed by atoms with Crippen LogP contribution in [0.4, 0.5) is 0 Å². The van der Waals surface area contributed by atoms with Gasteiger partial charge in [0.2, 0.25) is 0 Å². The van der Waals surface area contributed by atoms with Gasteiger partial charge in [0, 0.05) is 19.2 Å². The van der Waals surface area contributed by atoms with Crippen molar-refractivity contribution in [3.63, 3.8) is 0 Å². The molecule has 0 aromatic heterocycles. The Morgan fingerprint density at radius 1 is 1.31 bits per heavy atom. The fourth-order valence-corrected chi connectivity index (χ4v) is 2.35. The molecule has 0 radical (unpaired) electrons. The quantitative estimate of drug-likeness (QED) is 0.751. The number of ether oxygens (including phenoxy) is 1.